The van der Waals surface area contributed by atoms with E-state index in [1.807, 2.05) is 12.1 Å². The van der Waals surface area contributed by atoms with Crippen LogP contribution in [0.15, 0.2) is 22.8 Å². The van der Waals surface area contributed by atoms with E-state index in [9.17, 15) is 26.3 Å². The molecule has 0 radical (unpaired) electrons. The maximum Gasteiger partial charge on any atom is 0.490 e. The Morgan fingerprint density at radius 3 is 2.06 bits per heavy atom. The van der Waals surface area contributed by atoms with Crippen LogP contribution in [0.2, 0.25) is 0 Å². The van der Waals surface area contributed by atoms with Crippen LogP contribution in [0.1, 0.15) is 31.3 Å². The molecule has 1 aliphatic rings. The van der Waals surface area contributed by atoms with E-state index >= 15 is 0 Å². The Balaban J connectivity index is 0.000000383. The second-order valence-corrected chi connectivity index (χ2v) is 7.90. The second kappa shape index (κ2) is 13.2. The van der Waals surface area contributed by atoms with Crippen molar-refractivity contribution in [2.24, 2.45) is 0 Å². The van der Waals surface area contributed by atoms with Gasteiger partial charge < -0.3 is 19.2 Å². The number of rotatable bonds is 5. The Morgan fingerprint density at radius 2 is 1.61 bits per heavy atom. The van der Waals surface area contributed by atoms with Gasteiger partial charge in [-0.2, -0.15) is 26.3 Å². The predicted octanol–water partition coefficient (Wildman–Crippen LogP) is 3.04. The van der Waals surface area contributed by atoms with Crippen LogP contribution < -0.4 is 0 Å². The number of halogens is 6. The highest BCUT2D eigenvalue weighted by atomic mass is 19.4. The number of carbonyl (C=O) groups is 2. The number of carboxylic acid groups (broad SMARTS) is 2. The van der Waals surface area contributed by atoms with Gasteiger partial charge in [0, 0.05) is 32.1 Å². The van der Waals surface area contributed by atoms with Gasteiger partial charge in [-0.1, -0.05) is 0 Å². The second-order valence-electron chi connectivity index (χ2n) is 7.90. The van der Waals surface area contributed by atoms with E-state index in [1.165, 1.54) is 0 Å². The van der Waals surface area contributed by atoms with Gasteiger partial charge in [0.05, 0.1) is 19.4 Å². The lowest BCUT2D eigenvalue weighted by atomic mass is 10.3. The lowest BCUT2D eigenvalue weighted by Crippen LogP contribution is -2.29. The summed E-state index contributed by atoms with van der Waals surface area (Å²) in [6.07, 6.45) is -7.49. The number of furan rings is 1. The molecule has 0 saturated carbocycles. The van der Waals surface area contributed by atoms with Crippen LogP contribution in [0.4, 0.5) is 26.3 Å². The first-order valence-electron chi connectivity index (χ1n) is 10.5. The molecule has 204 valence electrons. The smallest absolute Gasteiger partial charge is 0.475 e. The number of hydrogen-bond donors (Lipinski definition) is 2. The van der Waals surface area contributed by atoms with Gasteiger partial charge in [-0.3, -0.25) is 9.80 Å². The standard InChI is InChI=1S/C16H25N5O.2C2HF3O2/c1-13(2)19(3)12-16-18-17-15-6-7-20(8-9-21(15)16)11-14-5-4-10-22-14;2*3-2(4,5)1(6)7/h4-5,10,13H,6-9,11-12H2,1-3H3;2*(H,6,7). The molecule has 2 aromatic rings. The van der Waals surface area contributed by atoms with E-state index in [2.05, 4.69) is 45.5 Å². The average molecular weight is 531 g/mol. The quantitative estimate of drug-likeness (QED) is 0.560. The van der Waals surface area contributed by atoms with Crippen LogP contribution in [0, 0.1) is 0 Å². The SMILES string of the molecule is CC(C)N(C)Cc1nnc2n1CCN(Cc1ccco1)CC2.O=C(O)C(F)(F)F.O=C(O)C(F)(F)F. The van der Waals surface area contributed by atoms with Gasteiger partial charge >= 0.3 is 24.3 Å². The highest BCUT2D eigenvalue weighted by Gasteiger charge is 2.38. The van der Waals surface area contributed by atoms with Crippen molar-refractivity contribution >= 4 is 11.9 Å². The van der Waals surface area contributed by atoms with Gasteiger partial charge in [-0.05, 0) is 33.0 Å². The van der Waals surface area contributed by atoms with Crippen LogP contribution >= 0.6 is 0 Å². The summed E-state index contributed by atoms with van der Waals surface area (Å²) < 4.78 is 71.2. The molecule has 1 aliphatic heterocycles. The molecule has 0 aromatic carbocycles. The molecule has 36 heavy (non-hydrogen) atoms. The molecule has 3 heterocycles. The van der Waals surface area contributed by atoms with E-state index in [4.69, 9.17) is 24.2 Å². The molecule has 2 N–H and O–H groups in total. The fourth-order valence-corrected chi connectivity index (χ4v) is 2.73. The van der Waals surface area contributed by atoms with E-state index in [0.29, 0.717) is 6.04 Å². The largest absolute Gasteiger partial charge is 0.490 e. The van der Waals surface area contributed by atoms with E-state index in [1.54, 1.807) is 6.26 Å². The normalized spacial score (nSPS) is 14.3. The van der Waals surface area contributed by atoms with Crippen LogP contribution in [0.3, 0.4) is 0 Å². The Morgan fingerprint density at radius 1 is 1.06 bits per heavy atom. The predicted molar refractivity (Wildman–Crippen MR) is 112 cm³/mol. The molecular weight excluding hydrogens is 504 g/mol. The van der Waals surface area contributed by atoms with Crippen molar-refractivity contribution < 1.29 is 50.6 Å². The first kappa shape index (κ1) is 30.9. The zero-order valence-electron chi connectivity index (χ0n) is 19.7. The number of carboxylic acids is 2. The fraction of sp³-hybridized carbons (Fsp3) is 0.600. The summed E-state index contributed by atoms with van der Waals surface area (Å²) in [6, 6.07) is 4.49. The zero-order chi connectivity index (χ0) is 27.7. The highest BCUT2D eigenvalue weighted by Crippen LogP contribution is 2.15. The minimum Gasteiger partial charge on any atom is -0.475 e. The summed E-state index contributed by atoms with van der Waals surface area (Å²) in [4.78, 5) is 22.5. The first-order valence-corrected chi connectivity index (χ1v) is 10.5. The molecule has 0 saturated heterocycles. The zero-order valence-corrected chi connectivity index (χ0v) is 19.7. The van der Waals surface area contributed by atoms with Gasteiger partial charge in [-0.25, -0.2) is 9.59 Å². The molecule has 0 fully saturated rings. The van der Waals surface area contributed by atoms with Crippen LogP contribution in [0.25, 0.3) is 0 Å². The summed E-state index contributed by atoms with van der Waals surface area (Å²) in [7, 11) is 2.13. The third kappa shape index (κ3) is 10.6. The molecule has 3 rings (SSSR count). The average Bonchev–Trinajstić information content (AvgIpc) is 3.34. The first-order chi connectivity index (χ1) is 16.5. The minimum atomic E-state index is -5.08. The topological polar surface area (TPSA) is 125 Å². The van der Waals surface area contributed by atoms with Gasteiger partial charge in [0.15, 0.2) is 0 Å². The highest BCUT2D eigenvalue weighted by molar-refractivity contribution is 5.73. The van der Waals surface area contributed by atoms with Crippen molar-refractivity contribution in [1.29, 1.82) is 0 Å². The number of hydrogen-bond acceptors (Lipinski definition) is 7. The Bertz CT molecular complexity index is 935. The number of alkyl halides is 6. The molecular formula is C20H27F6N5O5. The van der Waals surface area contributed by atoms with Gasteiger partial charge in [0.2, 0.25) is 0 Å². The summed E-state index contributed by atoms with van der Waals surface area (Å²) in [6.45, 7) is 9.07. The number of aromatic nitrogens is 3. The molecule has 0 amide bonds. The molecule has 0 bridgehead atoms. The molecule has 10 nitrogen and oxygen atoms in total. The molecule has 16 heteroatoms. The molecule has 0 unspecified atom stereocenters. The van der Waals surface area contributed by atoms with Crippen molar-refractivity contribution in [3.63, 3.8) is 0 Å². The van der Waals surface area contributed by atoms with Gasteiger partial charge in [0.1, 0.15) is 17.4 Å². The summed E-state index contributed by atoms with van der Waals surface area (Å²) in [5, 5.41) is 23.0. The van der Waals surface area contributed by atoms with Crippen molar-refractivity contribution in [2.75, 3.05) is 20.1 Å². The Kier molecular flexibility index (Phi) is 11.4. The van der Waals surface area contributed by atoms with Crippen LogP contribution in [-0.4, -0.2) is 85.2 Å². The van der Waals surface area contributed by atoms with Crippen LogP contribution in [0.5, 0.6) is 0 Å². The number of nitrogens with zero attached hydrogens (tertiary/aromatic N) is 5. The summed E-state index contributed by atoms with van der Waals surface area (Å²) in [5.41, 5.74) is 0. The molecule has 0 spiro atoms. The Hall–Kier alpha value is -3.14. The molecule has 2 aromatic heterocycles. The van der Waals surface area contributed by atoms with Gasteiger partial charge in [-0.15, -0.1) is 10.2 Å². The van der Waals surface area contributed by atoms with E-state index in [-0.39, 0.29) is 0 Å². The number of aliphatic carboxylic acids is 2. The third-order valence-corrected chi connectivity index (χ3v) is 4.91. The summed E-state index contributed by atoms with van der Waals surface area (Å²) >= 11 is 0. The van der Waals surface area contributed by atoms with Crippen molar-refractivity contribution in [2.45, 2.75) is 58.3 Å². The van der Waals surface area contributed by atoms with E-state index in [0.717, 1.165) is 56.6 Å². The number of fused-ring (bicyclic) bond motifs is 1. The maximum atomic E-state index is 10.6. The monoisotopic (exact) mass is 531 g/mol. The Labute approximate surface area is 202 Å². The lowest BCUT2D eigenvalue weighted by molar-refractivity contribution is -0.193. The molecule has 0 atom stereocenters. The van der Waals surface area contributed by atoms with Crippen molar-refractivity contribution in [3.05, 3.63) is 35.8 Å². The summed E-state index contributed by atoms with van der Waals surface area (Å²) in [5.74, 6) is -2.31. The van der Waals surface area contributed by atoms with E-state index < -0.39 is 24.3 Å². The molecule has 0 aliphatic carbocycles. The van der Waals surface area contributed by atoms with Gasteiger partial charge in [0.25, 0.3) is 0 Å². The lowest BCUT2D eigenvalue weighted by Gasteiger charge is -2.21. The van der Waals surface area contributed by atoms with Crippen molar-refractivity contribution in [3.8, 4) is 0 Å². The minimum absolute atomic E-state index is 0.508. The third-order valence-electron chi connectivity index (χ3n) is 4.91. The maximum absolute atomic E-state index is 10.6. The van der Waals surface area contributed by atoms with Crippen molar-refractivity contribution in [1.82, 2.24) is 24.6 Å². The fourth-order valence-electron chi connectivity index (χ4n) is 2.73. The van der Waals surface area contributed by atoms with Crippen LogP contribution in [-0.2, 0) is 35.6 Å².